The van der Waals surface area contributed by atoms with E-state index < -0.39 is 24.7 Å². The second-order valence-corrected chi connectivity index (χ2v) is 4.27. The van der Waals surface area contributed by atoms with Crippen molar-refractivity contribution in [1.29, 1.82) is 0 Å². The quantitative estimate of drug-likeness (QED) is 0.283. The molecule has 0 rings (SSSR count). The molecule has 0 unspecified atom stereocenters. The fourth-order valence-electron chi connectivity index (χ4n) is 1.24. The number of aliphatic carboxylic acids is 1. The molecule has 0 aromatic carbocycles. The number of carboxylic acids is 1. The number of carbonyl (C=O) groups is 3. The molecule has 0 aliphatic heterocycles. The van der Waals surface area contributed by atoms with Gasteiger partial charge < -0.3 is 40.0 Å². The van der Waals surface area contributed by atoms with Gasteiger partial charge >= 0.3 is 18.2 Å². The number of hydrogen-bond acceptors (Lipinski definition) is 8. The first-order valence-electron chi connectivity index (χ1n) is 7.39. The molecule has 0 heterocycles. The summed E-state index contributed by atoms with van der Waals surface area (Å²) in [6, 6.07) is 0. The van der Waals surface area contributed by atoms with Gasteiger partial charge in [0.1, 0.15) is 19.8 Å². The van der Waals surface area contributed by atoms with E-state index in [1.54, 1.807) is 0 Å². The normalized spacial score (nSPS) is 10.0. The molecule has 2 amide bonds. The van der Waals surface area contributed by atoms with Crippen LogP contribution in [0.2, 0.25) is 0 Å². The van der Waals surface area contributed by atoms with Crippen LogP contribution in [0.15, 0.2) is 0 Å². The molecule has 0 radical (unpaired) electrons. The van der Waals surface area contributed by atoms with E-state index in [1.165, 1.54) is 0 Å². The number of nitrogens with one attached hydrogen (secondary N) is 3. The molecule has 0 bridgehead atoms. The lowest BCUT2D eigenvalue weighted by atomic mass is 10.6. The van der Waals surface area contributed by atoms with Gasteiger partial charge in [0, 0.05) is 13.1 Å². The van der Waals surface area contributed by atoms with Crippen molar-refractivity contribution in [3.8, 4) is 0 Å². The number of carboxylic acid groups (broad SMARTS) is 1. The predicted molar refractivity (Wildman–Crippen MR) is 81.9 cm³/mol. The van der Waals surface area contributed by atoms with Gasteiger partial charge in [-0.05, 0) is 7.05 Å². The summed E-state index contributed by atoms with van der Waals surface area (Å²) in [4.78, 5) is 32.4. The third-order valence-corrected chi connectivity index (χ3v) is 2.32. The van der Waals surface area contributed by atoms with E-state index in [0.717, 1.165) is 6.54 Å². The van der Waals surface area contributed by atoms with Crippen molar-refractivity contribution in [2.45, 2.75) is 0 Å². The third kappa shape index (κ3) is 16.3. The van der Waals surface area contributed by atoms with Crippen LogP contribution >= 0.6 is 0 Å². The highest BCUT2D eigenvalue weighted by Crippen LogP contribution is 1.83. The Bertz CT molecular complexity index is 367. The number of alkyl carbamates (subject to hydrolysis) is 2. The maximum Gasteiger partial charge on any atom is 0.407 e. The lowest BCUT2D eigenvalue weighted by Gasteiger charge is -2.08. The minimum Gasteiger partial charge on any atom is -0.480 e. The average Bonchev–Trinajstić information content (AvgIpc) is 2.55. The second-order valence-electron chi connectivity index (χ2n) is 4.27. The molecule has 0 saturated carbocycles. The molecule has 0 aromatic rings. The van der Waals surface area contributed by atoms with Gasteiger partial charge in [0.2, 0.25) is 0 Å². The van der Waals surface area contributed by atoms with Crippen LogP contribution in [0, 0.1) is 0 Å². The molecular formula is C13H25N3O8. The van der Waals surface area contributed by atoms with E-state index in [9.17, 15) is 14.4 Å². The molecule has 0 atom stereocenters. The summed E-state index contributed by atoms with van der Waals surface area (Å²) in [5.41, 5.74) is 0. The van der Waals surface area contributed by atoms with Crippen molar-refractivity contribution >= 4 is 18.2 Å². The molecule has 24 heavy (non-hydrogen) atoms. The molecule has 0 spiro atoms. The maximum absolute atomic E-state index is 11.3. The summed E-state index contributed by atoms with van der Waals surface area (Å²) in [6.07, 6.45) is -1.40. The summed E-state index contributed by atoms with van der Waals surface area (Å²) in [5, 5.41) is 15.8. The number of rotatable bonds is 14. The van der Waals surface area contributed by atoms with Gasteiger partial charge in [0.25, 0.3) is 0 Å². The predicted octanol–water partition coefficient (Wildman–Crippen LogP) is -1.22. The number of likely N-dealkylation sites (N-methyl/N-ethyl adjacent to an activating group) is 1. The van der Waals surface area contributed by atoms with Crippen LogP contribution in [-0.4, -0.2) is 89.6 Å². The fourth-order valence-corrected chi connectivity index (χ4v) is 1.24. The SMILES string of the molecule is CNCCOCCOC(=O)NCCOCCOC(=O)NCC(=O)O. The Morgan fingerprint density at radius 1 is 0.792 bits per heavy atom. The van der Waals surface area contributed by atoms with Gasteiger partial charge in [-0.1, -0.05) is 0 Å². The summed E-state index contributed by atoms with van der Waals surface area (Å²) < 4.78 is 19.8. The van der Waals surface area contributed by atoms with E-state index in [4.69, 9.17) is 19.3 Å². The smallest absolute Gasteiger partial charge is 0.407 e. The van der Waals surface area contributed by atoms with Gasteiger partial charge in [-0.2, -0.15) is 0 Å². The van der Waals surface area contributed by atoms with Crippen LogP contribution in [0.4, 0.5) is 9.59 Å². The van der Waals surface area contributed by atoms with Crippen LogP contribution in [0.25, 0.3) is 0 Å². The van der Waals surface area contributed by atoms with Gasteiger partial charge in [-0.15, -0.1) is 0 Å². The molecular weight excluding hydrogens is 326 g/mol. The third-order valence-electron chi connectivity index (χ3n) is 2.32. The zero-order valence-electron chi connectivity index (χ0n) is 13.7. The van der Waals surface area contributed by atoms with Gasteiger partial charge in [-0.3, -0.25) is 4.79 Å². The molecule has 0 aliphatic rings. The summed E-state index contributed by atoms with van der Waals surface area (Å²) in [7, 11) is 1.82. The largest absolute Gasteiger partial charge is 0.480 e. The van der Waals surface area contributed by atoms with Crippen LogP contribution < -0.4 is 16.0 Å². The fraction of sp³-hybridized carbons (Fsp3) is 0.769. The van der Waals surface area contributed by atoms with Crippen LogP contribution in [0.3, 0.4) is 0 Å². The Morgan fingerprint density at radius 3 is 1.88 bits per heavy atom. The maximum atomic E-state index is 11.3. The number of ether oxygens (including phenoxy) is 4. The molecule has 4 N–H and O–H groups in total. The van der Waals surface area contributed by atoms with Crippen molar-refractivity contribution in [3.05, 3.63) is 0 Å². The molecule has 11 heteroatoms. The first-order valence-corrected chi connectivity index (χ1v) is 7.39. The number of hydrogen-bond donors (Lipinski definition) is 4. The highest BCUT2D eigenvalue weighted by atomic mass is 16.6. The summed E-state index contributed by atoms with van der Waals surface area (Å²) >= 11 is 0. The average molecular weight is 351 g/mol. The van der Waals surface area contributed by atoms with Gasteiger partial charge in [0.05, 0.1) is 26.4 Å². The van der Waals surface area contributed by atoms with Crippen LogP contribution in [0.5, 0.6) is 0 Å². The van der Waals surface area contributed by atoms with Crippen molar-refractivity contribution in [2.75, 3.05) is 66.3 Å². The first-order chi connectivity index (χ1) is 11.6. The van der Waals surface area contributed by atoms with E-state index in [2.05, 4.69) is 15.4 Å². The zero-order valence-corrected chi connectivity index (χ0v) is 13.7. The molecule has 11 nitrogen and oxygen atoms in total. The number of amides is 2. The summed E-state index contributed by atoms with van der Waals surface area (Å²) in [6.45, 7) is 1.81. The topological polar surface area (TPSA) is 144 Å². The van der Waals surface area contributed by atoms with Crippen molar-refractivity contribution in [1.82, 2.24) is 16.0 Å². The first kappa shape index (κ1) is 21.9. The lowest BCUT2D eigenvalue weighted by Crippen LogP contribution is -2.31. The Hall–Kier alpha value is -2.11. The van der Waals surface area contributed by atoms with Crippen LogP contribution in [0.1, 0.15) is 0 Å². The summed E-state index contributed by atoms with van der Waals surface area (Å²) in [5.74, 6) is -1.16. The Morgan fingerprint density at radius 2 is 1.33 bits per heavy atom. The van der Waals surface area contributed by atoms with Crippen molar-refractivity contribution in [2.24, 2.45) is 0 Å². The van der Waals surface area contributed by atoms with E-state index in [1.807, 2.05) is 12.4 Å². The molecule has 0 saturated heterocycles. The van der Waals surface area contributed by atoms with E-state index in [-0.39, 0.29) is 33.0 Å². The Balaban J connectivity index is 3.30. The van der Waals surface area contributed by atoms with E-state index in [0.29, 0.717) is 13.2 Å². The monoisotopic (exact) mass is 351 g/mol. The lowest BCUT2D eigenvalue weighted by molar-refractivity contribution is -0.135. The number of carbonyl (C=O) groups excluding carboxylic acids is 2. The molecule has 0 aromatic heterocycles. The molecule has 0 fully saturated rings. The minimum atomic E-state index is -1.16. The Labute approximate surface area is 140 Å². The van der Waals surface area contributed by atoms with Gasteiger partial charge in [-0.25, -0.2) is 9.59 Å². The minimum absolute atomic E-state index is 0.0279. The van der Waals surface area contributed by atoms with Crippen molar-refractivity contribution in [3.63, 3.8) is 0 Å². The Kier molecular flexibility index (Phi) is 14.4. The molecule has 140 valence electrons. The standard InChI is InChI=1S/C13H25N3O8/c1-14-2-4-21-6-8-23-12(19)15-3-5-22-7-9-24-13(20)16-10-11(17)18/h14H,2-10H2,1H3,(H,15,19)(H,16,20)(H,17,18). The highest BCUT2D eigenvalue weighted by molar-refractivity contribution is 5.76. The zero-order chi connectivity index (χ0) is 18.0. The van der Waals surface area contributed by atoms with Crippen molar-refractivity contribution < 1.29 is 38.4 Å². The van der Waals surface area contributed by atoms with Crippen LogP contribution in [-0.2, 0) is 23.7 Å². The van der Waals surface area contributed by atoms with Gasteiger partial charge in [0.15, 0.2) is 0 Å². The highest BCUT2D eigenvalue weighted by Gasteiger charge is 2.04. The second kappa shape index (κ2) is 15.8. The van der Waals surface area contributed by atoms with E-state index >= 15 is 0 Å². The molecule has 0 aliphatic carbocycles.